The summed E-state index contributed by atoms with van der Waals surface area (Å²) in [5.74, 6) is 0. The molecule has 0 spiro atoms. The molecule has 4 unspecified atom stereocenters. The van der Waals surface area contributed by atoms with Crippen molar-refractivity contribution in [2.24, 2.45) is 0 Å². The van der Waals surface area contributed by atoms with E-state index in [-0.39, 0.29) is 0 Å². The molecule has 0 aromatic heterocycles. The largest absolute Gasteiger partial charge is 0.388 e. The number of hydrogen-bond donors (Lipinski definition) is 3. The molecule has 0 amide bonds. The van der Waals surface area contributed by atoms with Gasteiger partial charge in [-0.05, 0) is 13.8 Å². The standard InChI is InChI=1S/C8H16O5/c1-8(2,11)6-4(9)5(10)7(12-3)13-6/h4-7,9-11H,1-3H3. The zero-order valence-corrected chi connectivity index (χ0v) is 7.97. The first kappa shape index (κ1) is 10.9. The number of rotatable bonds is 2. The van der Waals surface area contributed by atoms with Gasteiger partial charge in [-0.15, -0.1) is 0 Å². The monoisotopic (exact) mass is 192 g/mol. The molecule has 0 bridgehead atoms. The summed E-state index contributed by atoms with van der Waals surface area (Å²) in [7, 11) is 1.37. The summed E-state index contributed by atoms with van der Waals surface area (Å²) in [6, 6.07) is 0. The van der Waals surface area contributed by atoms with Gasteiger partial charge < -0.3 is 24.8 Å². The fraction of sp³-hybridized carbons (Fsp3) is 1.00. The van der Waals surface area contributed by atoms with Crippen molar-refractivity contribution in [2.45, 2.75) is 44.1 Å². The van der Waals surface area contributed by atoms with Crippen LogP contribution in [0, 0.1) is 0 Å². The molecule has 0 aliphatic carbocycles. The van der Waals surface area contributed by atoms with Crippen LogP contribution in [0.3, 0.4) is 0 Å². The lowest BCUT2D eigenvalue weighted by Crippen LogP contribution is -2.45. The van der Waals surface area contributed by atoms with Gasteiger partial charge in [0.05, 0.1) is 5.60 Å². The molecule has 1 saturated heterocycles. The molecule has 3 N–H and O–H groups in total. The zero-order valence-electron chi connectivity index (χ0n) is 7.97. The Kier molecular flexibility index (Phi) is 2.94. The summed E-state index contributed by atoms with van der Waals surface area (Å²) >= 11 is 0. The summed E-state index contributed by atoms with van der Waals surface area (Å²) in [6.07, 6.45) is -3.93. The number of aliphatic hydroxyl groups is 3. The Hall–Kier alpha value is -0.200. The van der Waals surface area contributed by atoms with Crippen molar-refractivity contribution < 1.29 is 24.8 Å². The number of hydrogen-bond acceptors (Lipinski definition) is 5. The lowest BCUT2D eigenvalue weighted by molar-refractivity contribution is -0.178. The molecule has 78 valence electrons. The third kappa shape index (κ3) is 2.00. The van der Waals surface area contributed by atoms with Crippen LogP contribution in [-0.4, -0.2) is 52.6 Å². The third-order valence-electron chi connectivity index (χ3n) is 2.15. The van der Waals surface area contributed by atoms with E-state index in [0.717, 1.165) is 0 Å². The van der Waals surface area contributed by atoms with Crippen molar-refractivity contribution in [3.63, 3.8) is 0 Å². The number of methoxy groups -OCH3 is 1. The minimum absolute atomic E-state index is 0.826. The van der Waals surface area contributed by atoms with E-state index in [2.05, 4.69) is 0 Å². The molecule has 0 saturated carbocycles. The first-order chi connectivity index (χ1) is 5.88. The van der Waals surface area contributed by atoms with Crippen molar-refractivity contribution in [1.82, 2.24) is 0 Å². The van der Waals surface area contributed by atoms with Crippen LogP contribution in [0.2, 0.25) is 0 Å². The summed E-state index contributed by atoms with van der Waals surface area (Å²) in [4.78, 5) is 0. The van der Waals surface area contributed by atoms with E-state index in [1.165, 1.54) is 21.0 Å². The molecule has 5 heteroatoms. The lowest BCUT2D eigenvalue weighted by atomic mass is 9.96. The molecule has 5 nitrogen and oxygen atoms in total. The SMILES string of the molecule is COC1OC(C(C)(C)O)C(O)C1O. The molecular weight excluding hydrogens is 176 g/mol. The van der Waals surface area contributed by atoms with E-state index in [1.54, 1.807) is 0 Å². The van der Waals surface area contributed by atoms with E-state index in [9.17, 15) is 15.3 Å². The van der Waals surface area contributed by atoms with Crippen LogP contribution in [0.1, 0.15) is 13.8 Å². The summed E-state index contributed by atoms with van der Waals surface area (Å²) < 4.78 is 9.90. The molecule has 1 rings (SSSR count). The Morgan fingerprint density at radius 2 is 1.77 bits per heavy atom. The lowest BCUT2D eigenvalue weighted by Gasteiger charge is -2.27. The van der Waals surface area contributed by atoms with Gasteiger partial charge in [0.2, 0.25) is 0 Å². The molecule has 0 aromatic rings. The highest BCUT2D eigenvalue weighted by molar-refractivity contribution is 4.94. The Labute approximate surface area is 76.9 Å². The minimum Gasteiger partial charge on any atom is -0.388 e. The third-order valence-corrected chi connectivity index (χ3v) is 2.15. The van der Waals surface area contributed by atoms with Crippen LogP contribution >= 0.6 is 0 Å². The average molecular weight is 192 g/mol. The van der Waals surface area contributed by atoms with E-state index in [1.807, 2.05) is 0 Å². The fourth-order valence-corrected chi connectivity index (χ4v) is 1.42. The van der Waals surface area contributed by atoms with Gasteiger partial charge in [0, 0.05) is 7.11 Å². The van der Waals surface area contributed by atoms with Gasteiger partial charge >= 0.3 is 0 Å². The average Bonchev–Trinajstić information content (AvgIpc) is 2.28. The van der Waals surface area contributed by atoms with Gasteiger partial charge in [-0.25, -0.2) is 0 Å². The summed E-state index contributed by atoms with van der Waals surface area (Å²) in [5, 5.41) is 28.4. The van der Waals surface area contributed by atoms with Gasteiger partial charge in [0.25, 0.3) is 0 Å². The van der Waals surface area contributed by atoms with Gasteiger partial charge in [-0.2, -0.15) is 0 Å². The molecule has 1 fully saturated rings. The van der Waals surface area contributed by atoms with Gasteiger partial charge in [0.15, 0.2) is 6.29 Å². The highest BCUT2D eigenvalue weighted by Gasteiger charge is 2.49. The first-order valence-corrected chi connectivity index (χ1v) is 4.14. The van der Waals surface area contributed by atoms with Crippen LogP contribution in [0.25, 0.3) is 0 Å². The van der Waals surface area contributed by atoms with Gasteiger partial charge in [-0.1, -0.05) is 0 Å². The van der Waals surface area contributed by atoms with E-state index in [0.29, 0.717) is 0 Å². The van der Waals surface area contributed by atoms with Crippen molar-refractivity contribution in [2.75, 3.05) is 7.11 Å². The molecule has 13 heavy (non-hydrogen) atoms. The van der Waals surface area contributed by atoms with Crippen LogP contribution in [0.4, 0.5) is 0 Å². The second-order valence-electron chi connectivity index (χ2n) is 3.80. The Bertz CT molecular complexity index is 176. The fourth-order valence-electron chi connectivity index (χ4n) is 1.42. The molecule has 0 radical (unpaired) electrons. The van der Waals surface area contributed by atoms with Crippen LogP contribution in [-0.2, 0) is 9.47 Å². The Morgan fingerprint density at radius 1 is 1.23 bits per heavy atom. The Morgan fingerprint density at radius 3 is 2.00 bits per heavy atom. The number of aliphatic hydroxyl groups excluding tert-OH is 2. The predicted octanol–water partition coefficient (Wildman–Crippen LogP) is -1.15. The maximum absolute atomic E-state index is 9.57. The minimum atomic E-state index is -1.20. The van der Waals surface area contributed by atoms with Crippen LogP contribution in [0.15, 0.2) is 0 Å². The van der Waals surface area contributed by atoms with Crippen molar-refractivity contribution in [1.29, 1.82) is 0 Å². The second-order valence-corrected chi connectivity index (χ2v) is 3.80. The maximum atomic E-state index is 9.57. The van der Waals surface area contributed by atoms with Gasteiger partial charge in [-0.3, -0.25) is 0 Å². The molecule has 1 aliphatic rings. The zero-order chi connectivity index (χ0) is 10.2. The quantitative estimate of drug-likeness (QED) is 0.515. The van der Waals surface area contributed by atoms with Crippen molar-refractivity contribution in [3.8, 4) is 0 Å². The summed E-state index contributed by atoms with van der Waals surface area (Å²) in [6.45, 7) is 3.01. The van der Waals surface area contributed by atoms with Crippen molar-refractivity contribution in [3.05, 3.63) is 0 Å². The van der Waals surface area contributed by atoms with Crippen molar-refractivity contribution >= 4 is 0 Å². The number of ether oxygens (including phenoxy) is 2. The molecular formula is C8H16O5. The second kappa shape index (κ2) is 3.51. The molecule has 0 aromatic carbocycles. The van der Waals surface area contributed by atoms with E-state index in [4.69, 9.17) is 9.47 Å². The van der Waals surface area contributed by atoms with E-state index >= 15 is 0 Å². The normalized spacial score (nSPS) is 41.1. The molecule has 1 aliphatic heterocycles. The first-order valence-electron chi connectivity index (χ1n) is 4.14. The van der Waals surface area contributed by atoms with Crippen LogP contribution in [0.5, 0.6) is 0 Å². The summed E-state index contributed by atoms with van der Waals surface area (Å²) in [5.41, 5.74) is -1.20. The smallest absolute Gasteiger partial charge is 0.186 e. The van der Waals surface area contributed by atoms with Crippen LogP contribution < -0.4 is 0 Å². The van der Waals surface area contributed by atoms with Gasteiger partial charge in [0.1, 0.15) is 18.3 Å². The predicted molar refractivity (Wildman–Crippen MR) is 44.0 cm³/mol. The highest BCUT2D eigenvalue weighted by atomic mass is 16.7. The maximum Gasteiger partial charge on any atom is 0.186 e. The van der Waals surface area contributed by atoms with E-state index < -0.39 is 30.2 Å². The Balaban J connectivity index is 2.71. The highest BCUT2D eigenvalue weighted by Crippen LogP contribution is 2.28. The molecule has 4 atom stereocenters. The topological polar surface area (TPSA) is 79.2 Å². The molecule has 1 heterocycles.